The van der Waals surface area contributed by atoms with Crippen molar-refractivity contribution in [2.45, 2.75) is 6.54 Å². The number of ether oxygens (including phenoxy) is 3. The van der Waals surface area contributed by atoms with Crippen LogP contribution in [0.25, 0.3) is 6.08 Å². The lowest BCUT2D eigenvalue weighted by Crippen LogP contribution is -2.43. The molecule has 0 N–H and O–H groups in total. The van der Waals surface area contributed by atoms with E-state index in [1.54, 1.807) is 53.4 Å². The molecule has 0 radical (unpaired) electrons. The van der Waals surface area contributed by atoms with E-state index in [9.17, 15) is 14.4 Å². The van der Waals surface area contributed by atoms with E-state index in [0.717, 1.165) is 17.3 Å². The van der Waals surface area contributed by atoms with Crippen LogP contribution in [-0.2, 0) is 20.9 Å². The summed E-state index contributed by atoms with van der Waals surface area (Å²) in [5, 5.41) is 0.254. The van der Waals surface area contributed by atoms with Crippen LogP contribution in [0.5, 0.6) is 11.5 Å². The van der Waals surface area contributed by atoms with E-state index in [4.69, 9.17) is 25.8 Å². The Bertz CT molecular complexity index is 1110. The molecule has 2 aliphatic rings. The molecular weight excluding hydrogens is 480 g/mol. The Balaban J connectivity index is 1.43. The van der Waals surface area contributed by atoms with Gasteiger partial charge in [0, 0.05) is 18.1 Å². The monoisotopic (exact) mass is 502 g/mol. The molecule has 0 spiro atoms. The number of rotatable bonds is 7. The molecule has 2 heterocycles. The lowest BCUT2D eigenvalue weighted by Gasteiger charge is -2.26. The van der Waals surface area contributed by atoms with Crippen LogP contribution in [0, 0.1) is 0 Å². The Hall–Kier alpha value is -3.01. The summed E-state index contributed by atoms with van der Waals surface area (Å²) in [5.41, 5.74) is 1.48. The Kier molecular flexibility index (Phi) is 7.77. The highest BCUT2D eigenvalue weighted by Gasteiger charge is 2.35. The third-order valence-electron chi connectivity index (χ3n) is 5.33. The number of morpholine rings is 1. The molecule has 0 bridgehead atoms. The second kappa shape index (κ2) is 10.9. The van der Waals surface area contributed by atoms with E-state index >= 15 is 0 Å². The van der Waals surface area contributed by atoms with Crippen LogP contribution in [0.3, 0.4) is 0 Å². The minimum Gasteiger partial charge on any atom is -0.493 e. The molecule has 3 amide bonds. The Morgan fingerprint density at radius 2 is 1.85 bits per heavy atom. The van der Waals surface area contributed by atoms with Gasteiger partial charge >= 0.3 is 0 Å². The molecule has 178 valence electrons. The number of carbonyl (C=O) groups is 3. The van der Waals surface area contributed by atoms with Crippen molar-refractivity contribution in [3.05, 3.63) is 63.5 Å². The molecule has 10 heteroatoms. The van der Waals surface area contributed by atoms with E-state index < -0.39 is 0 Å². The van der Waals surface area contributed by atoms with E-state index in [0.29, 0.717) is 53.3 Å². The first-order valence-corrected chi connectivity index (χ1v) is 11.8. The number of benzene rings is 2. The number of halogens is 1. The summed E-state index contributed by atoms with van der Waals surface area (Å²) in [4.78, 5) is 40.8. The molecule has 2 aliphatic heterocycles. The fourth-order valence-corrected chi connectivity index (χ4v) is 4.46. The van der Waals surface area contributed by atoms with Crippen molar-refractivity contribution in [2.24, 2.45) is 0 Å². The number of hydrogen-bond donors (Lipinski definition) is 0. The summed E-state index contributed by atoms with van der Waals surface area (Å²) in [6.07, 6.45) is 1.64. The van der Waals surface area contributed by atoms with Gasteiger partial charge < -0.3 is 19.1 Å². The maximum atomic E-state index is 12.8. The van der Waals surface area contributed by atoms with Gasteiger partial charge in [-0.05, 0) is 53.2 Å². The predicted molar refractivity (Wildman–Crippen MR) is 129 cm³/mol. The second-order valence-electron chi connectivity index (χ2n) is 7.59. The van der Waals surface area contributed by atoms with Crippen LogP contribution in [0.2, 0.25) is 5.02 Å². The number of nitrogens with zero attached hydrogens (tertiary/aromatic N) is 2. The minimum atomic E-state index is -0.361. The number of thioether (sulfide) groups is 1. The number of amides is 3. The molecule has 0 aliphatic carbocycles. The number of hydrogen-bond acceptors (Lipinski definition) is 7. The normalized spacial score (nSPS) is 17.4. The van der Waals surface area contributed by atoms with Crippen molar-refractivity contribution in [3.8, 4) is 11.5 Å². The molecule has 34 heavy (non-hydrogen) atoms. The topological polar surface area (TPSA) is 85.4 Å². The standard InChI is InChI=1S/C24H23ClN2O6S/c1-31-20-12-17(4-7-19(20)33-15-22(28)26-8-10-32-11-9-26)13-21-23(29)27(24(30)34-21)14-16-2-5-18(25)6-3-16/h2-7,12-13H,8-11,14-15H2,1H3/b21-13-. The van der Waals surface area contributed by atoms with Gasteiger partial charge in [0.05, 0.1) is 31.8 Å². The number of imide groups is 1. The van der Waals surface area contributed by atoms with Gasteiger partial charge in [0.1, 0.15) is 0 Å². The SMILES string of the molecule is COc1cc(/C=C2\SC(=O)N(Cc3ccc(Cl)cc3)C2=O)ccc1OCC(=O)N1CCOCC1. The number of methoxy groups -OCH3 is 1. The Morgan fingerprint density at radius 1 is 1.12 bits per heavy atom. The summed E-state index contributed by atoms with van der Waals surface area (Å²) < 4.78 is 16.3. The highest BCUT2D eigenvalue weighted by Crippen LogP contribution is 2.35. The lowest BCUT2D eigenvalue weighted by atomic mass is 10.1. The van der Waals surface area contributed by atoms with E-state index in [1.165, 1.54) is 12.0 Å². The van der Waals surface area contributed by atoms with Crippen LogP contribution in [0.1, 0.15) is 11.1 Å². The Labute approximate surface area is 206 Å². The van der Waals surface area contributed by atoms with Crippen molar-refractivity contribution in [1.29, 1.82) is 0 Å². The average Bonchev–Trinajstić information content (AvgIpc) is 3.12. The van der Waals surface area contributed by atoms with Crippen molar-refractivity contribution in [1.82, 2.24) is 9.80 Å². The smallest absolute Gasteiger partial charge is 0.293 e. The maximum Gasteiger partial charge on any atom is 0.293 e. The van der Waals surface area contributed by atoms with Crippen LogP contribution in [-0.4, -0.2) is 66.9 Å². The molecule has 0 aromatic heterocycles. The van der Waals surface area contributed by atoms with Crippen LogP contribution >= 0.6 is 23.4 Å². The molecule has 0 unspecified atom stereocenters. The third kappa shape index (κ3) is 5.72. The van der Waals surface area contributed by atoms with Gasteiger partial charge in [0.25, 0.3) is 17.1 Å². The molecule has 8 nitrogen and oxygen atoms in total. The fourth-order valence-electron chi connectivity index (χ4n) is 3.50. The molecule has 4 rings (SSSR count). The summed E-state index contributed by atoms with van der Waals surface area (Å²) in [6.45, 7) is 2.20. The molecule has 2 aromatic rings. The largest absolute Gasteiger partial charge is 0.493 e. The molecule has 2 fully saturated rings. The molecule has 2 aromatic carbocycles. The van der Waals surface area contributed by atoms with Crippen LogP contribution in [0.15, 0.2) is 47.4 Å². The lowest BCUT2D eigenvalue weighted by molar-refractivity contribution is -0.137. The maximum absolute atomic E-state index is 12.8. The van der Waals surface area contributed by atoms with Gasteiger partial charge in [0.2, 0.25) is 0 Å². The summed E-state index contributed by atoms with van der Waals surface area (Å²) in [5.74, 6) is 0.352. The van der Waals surface area contributed by atoms with Gasteiger partial charge in [-0.3, -0.25) is 19.3 Å². The zero-order valence-corrected chi connectivity index (χ0v) is 20.1. The van der Waals surface area contributed by atoms with Crippen LogP contribution < -0.4 is 9.47 Å². The highest BCUT2D eigenvalue weighted by molar-refractivity contribution is 8.18. The first kappa shape index (κ1) is 24.1. The first-order chi connectivity index (χ1) is 16.4. The van der Waals surface area contributed by atoms with Gasteiger partial charge in [0.15, 0.2) is 18.1 Å². The van der Waals surface area contributed by atoms with Gasteiger partial charge in [-0.2, -0.15) is 0 Å². The van der Waals surface area contributed by atoms with Crippen molar-refractivity contribution in [3.63, 3.8) is 0 Å². The second-order valence-corrected chi connectivity index (χ2v) is 9.02. The minimum absolute atomic E-state index is 0.112. The fraction of sp³-hybridized carbons (Fsp3) is 0.292. The van der Waals surface area contributed by atoms with Gasteiger partial charge in [-0.1, -0.05) is 29.8 Å². The predicted octanol–water partition coefficient (Wildman–Crippen LogP) is 3.82. The van der Waals surface area contributed by atoms with Crippen molar-refractivity contribution < 1.29 is 28.6 Å². The average molecular weight is 503 g/mol. The molecule has 2 saturated heterocycles. The quantitative estimate of drug-likeness (QED) is 0.532. The summed E-state index contributed by atoms with van der Waals surface area (Å²) in [7, 11) is 1.50. The number of carbonyl (C=O) groups excluding carboxylic acids is 3. The van der Waals surface area contributed by atoms with E-state index in [1.807, 2.05) is 0 Å². The summed E-state index contributed by atoms with van der Waals surface area (Å²) in [6, 6.07) is 12.1. The van der Waals surface area contributed by atoms with Crippen molar-refractivity contribution in [2.75, 3.05) is 40.0 Å². The first-order valence-electron chi connectivity index (χ1n) is 10.6. The summed E-state index contributed by atoms with van der Waals surface area (Å²) >= 11 is 6.79. The van der Waals surface area contributed by atoms with Crippen molar-refractivity contribution >= 4 is 46.5 Å². The van der Waals surface area contributed by atoms with Gasteiger partial charge in [-0.15, -0.1) is 0 Å². The molecule has 0 atom stereocenters. The zero-order valence-electron chi connectivity index (χ0n) is 18.5. The highest BCUT2D eigenvalue weighted by atomic mass is 35.5. The van der Waals surface area contributed by atoms with Gasteiger partial charge in [-0.25, -0.2) is 0 Å². The van der Waals surface area contributed by atoms with Crippen LogP contribution in [0.4, 0.5) is 4.79 Å². The molecular formula is C24H23ClN2O6S. The molecule has 0 saturated carbocycles. The zero-order chi connectivity index (χ0) is 24.1. The van der Waals surface area contributed by atoms with E-state index in [-0.39, 0.29) is 30.2 Å². The third-order valence-corrected chi connectivity index (χ3v) is 6.49. The van der Waals surface area contributed by atoms with E-state index in [2.05, 4.69) is 0 Å². The Morgan fingerprint density at radius 3 is 2.56 bits per heavy atom.